The predicted molar refractivity (Wildman–Crippen MR) is 110 cm³/mol. The van der Waals surface area contributed by atoms with Crippen LogP contribution in [0.15, 0.2) is 27.5 Å². The van der Waals surface area contributed by atoms with Crippen molar-refractivity contribution in [3.8, 4) is 0 Å². The van der Waals surface area contributed by atoms with Crippen LogP contribution in [0.5, 0.6) is 0 Å². The van der Waals surface area contributed by atoms with Gasteiger partial charge in [-0.1, -0.05) is 15.9 Å². The van der Waals surface area contributed by atoms with E-state index in [2.05, 4.69) is 45.0 Å². The monoisotopic (exact) mass is 419 g/mol. The number of pyridine rings is 1. The van der Waals surface area contributed by atoms with Gasteiger partial charge in [-0.2, -0.15) is 0 Å². The van der Waals surface area contributed by atoms with E-state index in [1.165, 1.54) is 0 Å². The Balaban J connectivity index is 2.29. The first kappa shape index (κ1) is 20.2. The number of H-pyrrole nitrogens is 1. The van der Waals surface area contributed by atoms with E-state index in [0.29, 0.717) is 17.2 Å². The van der Waals surface area contributed by atoms with Crippen LogP contribution in [0.4, 0.5) is 5.69 Å². The Bertz CT molecular complexity index is 887. The van der Waals surface area contributed by atoms with Crippen molar-refractivity contribution in [3.63, 3.8) is 0 Å². The summed E-state index contributed by atoms with van der Waals surface area (Å²) in [6.45, 7) is 10.1. The molecule has 0 aliphatic rings. The molecule has 0 atom stereocenters. The molecular weight excluding hydrogens is 394 g/mol. The van der Waals surface area contributed by atoms with Crippen molar-refractivity contribution in [2.24, 2.45) is 0 Å². The lowest BCUT2D eigenvalue weighted by atomic mass is 10.0. The molecule has 2 aromatic rings. The summed E-state index contributed by atoms with van der Waals surface area (Å²) >= 11 is 3.50. The molecule has 1 amide bonds. The Labute approximate surface area is 162 Å². The van der Waals surface area contributed by atoms with Crippen LogP contribution in [0.3, 0.4) is 0 Å². The largest absolute Gasteiger partial charge is 0.372 e. The second kappa shape index (κ2) is 8.08. The number of aromatic nitrogens is 1. The fourth-order valence-corrected chi connectivity index (χ4v) is 3.36. The second-order valence-corrected chi connectivity index (χ2v) is 7.84. The molecule has 1 heterocycles. The molecule has 0 saturated carbocycles. The maximum atomic E-state index is 12.8. The van der Waals surface area contributed by atoms with E-state index in [9.17, 15) is 9.59 Å². The quantitative estimate of drug-likeness (QED) is 0.773. The standard InChI is InChI=1S/C20H26BrN3O2/c1-11(2)24(6)18-9-15(21)8-16(14(18)5)19(25)22-10-17-12(3)7-13(4)23-20(17)26/h7-9,11H,10H2,1-6H3,(H,22,25)(H,23,26). The molecule has 0 radical (unpaired) electrons. The highest BCUT2D eigenvalue weighted by Gasteiger charge is 2.17. The smallest absolute Gasteiger partial charge is 0.253 e. The van der Waals surface area contributed by atoms with Gasteiger partial charge in [-0.3, -0.25) is 9.59 Å². The van der Waals surface area contributed by atoms with Gasteiger partial charge in [0.15, 0.2) is 0 Å². The topological polar surface area (TPSA) is 65.2 Å². The summed E-state index contributed by atoms with van der Waals surface area (Å²) in [5, 5.41) is 2.88. The Kier molecular flexibility index (Phi) is 6.29. The molecule has 0 aliphatic heterocycles. The fraction of sp³-hybridized carbons (Fsp3) is 0.400. The molecule has 0 unspecified atom stereocenters. The van der Waals surface area contributed by atoms with Gasteiger partial charge >= 0.3 is 0 Å². The average molecular weight is 420 g/mol. The van der Waals surface area contributed by atoms with E-state index in [1.54, 1.807) is 0 Å². The van der Waals surface area contributed by atoms with Crippen LogP contribution in [0.1, 0.15) is 46.6 Å². The highest BCUT2D eigenvalue weighted by Crippen LogP contribution is 2.28. The molecule has 5 nitrogen and oxygen atoms in total. The Morgan fingerprint density at radius 1 is 1.23 bits per heavy atom. The number of aromatic amines is 1. The van der Waals surface area contributed by atoms with Crippen molar-refractivity contribution in [2.45, 2.75) is 47.2 Å². The summed E-state index contributed by atoms with van der Waals surface area (Å²) < 4.78 is 0.847. The molecule has 6 heteroatoms. The third-order valence-electron chi connectivity index (χ3n) is 4.66. The molecular formula is C20H26BrN3O2. The number of rotatable bonds is 5. The SMILES string of the molecule is Cc1cc(C)c(CNC(=O)c2cc(Br)cc(N(C)C(C)C)c2C)c(=O)[nH]1. The van der Waals surface area contributed by atoms with Gasteiger partial charge in [-0.05, 0) is 63.9 Å². The van der Waals surface area contributed by atoms with Crippen LogP contribution in [0, 0.1) is 20.8 Å². The zero-order chi connectivity index (χ0) is 19.6. The molecule has 140 valence electrons. The van der Waals surface area contributed by atoms with Gasteiger partial charge in [0, 0.05) is 46.6 Å². The van der Waals surface area contributed by atoms with Gasteiger partial charge in [-0.15, -0.1) is 0 Å². The first-order valence-electron chi connectivity index (χ1n) is 8.62. The number of benzene rings is 1. The van der Waals surface area contributed by atoms with E-state index in [4.69, 9.17) is 0 Å². The van der Waals surface area contributed by atoms with Gasteiger partial charge in [-0.25, -0.2) is 0 Å². The lowest BCUT2D eigenvalue weighted by molar-refractivity contribution is 0.0950. The van der Waals surface area contributed by atoms with E-state index >= 15 is 0 Å². The number of nitrogens with one attached hydrogen (secondary N) is 2. The fourth-order valence-electron chi connectivity index (χ4n) is 2.91. The highest BCUT2D eigenvalue weighted by molar-refractivity contribution is 9.10. The Morgan fingerprint density at radius 2 is 1.88 bits per heavy atom. The number of carbonyl (C=O) groups excluding carboxylic acids is 1. The number of carbonyl (C=O) groups is 1. The lowest BCUT2D eigenvalue weighted by Crippen LogP contribution is -2.30. The van der Waals surface area contributed by atoms with Crippen LogP contribution >= 0.6 is 15.9 Å². The average Bonchev–Trinajstić information content (AvgIpc) is 2.54. The van der Waals surface area contributed by atoms with Crippen LogP contribution < -0.4 is 15.8 Å². The van der Waals surface area contributed by atoms with E-state index < -0.39 is 0 Å². The normalized spacial score (nSPS) is 10.9. The van der Waals surface area contributed by atoms with Gasteiger partial charge in [0.05, 0.1) is 0 Å². The number of anilines is 1. The molecule has 0 aliphatic carbocycles. The number of halogens is 1. The van der Waals surface area contributed by atoms with E-state index in [0.717, 1.165) is 27.0 Å². The van der Waals surface area contributed by atoms with Crippen LogP contribution in [0.25, 0.3) is 0 Å². The van der Waals surface area contributed by atoms with Crippen molar-refractivity contribution in [3.05, 3.63) is 61.0 Å². The van der Waals surface area contributed by atoms with Crippen molar-refractivity contribution < 1.29 is 4.79 Å². The summed E-state index contributed by atoms with van der Waals surface area (Å²) in [5.74, 6) is -0.193. The van der Waals surface area contributed by atoms with Crippen molar-refractivity contribution in [1.29, 1.82) is 0 Å². The molecule has 0 bridgehead atoms. The van der Waals surface area contributed by atoms with Gasteiger partial charge in [0.2, 0.25) is 0 Å². The predicted octanol–water partition coefficient (Wildman–Crippen LogP) is 3.84. The summed E-state index contributed by atoms with van der Waals surface area (Å²) in [6, 6.07) is 6.05. The minimum atomic E-state index is -0.193. The summed E-state index contributed by atoms with van der Waals surface area (Å²) in [7, 11) is 2.01. The molecule has 0 saturated heterocycles. The number of nitrogens with zero attached hydrogens (tertiary/aromatic N) is 1. The maximum absolute atomic E-state index is 12.8. The molecule has 0 spiro atoms. The molecule has 26 heavy (non-hydrogen) atoms. The molecule has 1 aromatic heterocycles. The molecule has 1 aromatic carbocycles. The van der Waals surface area contributed by atoms with Crippen molar-refractivity contribution in [2.75, 3.05) is 11.9 Å². The van der Waals surface area contributed by atoms with Crippen molar-refractivity contribution in [1.82, 2.24) is 10.3 Å². The molecule has 2 rings (SSSR count). The van der Waals surface area contributed by atoms with Crippen LogP contribution in [-0.4, -0.2) is 24.0 Å². The van der Waals surface area contributed by atoms with E-state index in [-0.39, 0.29) is 18.0 Å². The van der Waals surface area contributed by atoms with Gasteiger partial charge in [0.1, 0.15) is 0 Å². The number of amides is 1. The highest BCUT2D eigenvalue weighted by atomic mass is 79.9. The molecule has 0 fully saturated rings. The minimum Gasteiger partial charge on any atom is -0.372 e. The first-order chi connectivity index (χ1) is 12.1. The Hall–Kier alpha value is -2.08. The third-order valence-corrected chi connectivity index (χ3v) is 5.12. The van der Waals surface area contributed by atoms with Crippen molar-refractivity contribution >= 4 is 27.5 Å². The number of aryl methyl sites for hydroxylation is 2. The minimum absolute atomic E-state index is 0.158. The maximum Gasteiger partial charge on any atom is 0.253 e. The zero-order valence-corrected chi connectivity index (χ0v) is 17.7. The van der Waals surface area contributed by atoms with Gasteiger partial charge in [0.25, 0.3) is 11.5 Å². The van der Waals surface area contributed by atoms with Crippen LogP contribution in [0.2, 0.25) is 0 Å². The molecule has 2 N–H and O–H groups in total. The first-order valence-corrected chi connectivity index (χ1v) is 9.41. The lowest BCUT2D eigenvalue weighted by Gasteiger charge is -2.27. The Morgan fingerprint density at radius 3 is 2.46 bits per heavy atom. The van der Waals surface area contributed by atoms with E-state index in [1.807, 2.05) is 46.0 Å². The zero-order valence-electron chi connectivity index (χ0n) is 16.2. The summed E-state index contributed by atoms with van der Waals surface area (Å²) in [6.07, 6.45) is 0. The third kappa shape index (κ3) is 4.36. The van der Waals surface area contributed by atoms with Crippen LogP contribution in [-0.2, 0) is 6.54 Å². The summed E-state index contributed by atoms with van der Waals surface area (Å²) in [5.41, 5.74) is 4.62. The number of hydrogen-bond acceptors (Lipinski definition) is 3. The second-order valence-electron chi connectivity index (χ2n) is 6.93. The summed E-state index contributed by atoms with van der Waals surface area (Å²) in [4.78, 5) is 29.8. The number of hydrogen-bond donors (Lipinski definition) is 2. The van der Waals surface area contributed by atoms with Gasteiger partial charge < -0.3 is 15.2 Å².